The smallest absolute Gasteiger partial charge is 0.130 e. The molecule has 0 spiro atoms. The van der Waals surface area contributed by atoms with Gasteiger partial charge >= 0.3 is 0 Å². The van der Waals surface area contributed by atoms with Crippen molar-refractivity contribution in [1.82, 2.24) is 4.98 Å². The minimum atomic E-state index is 0.548. The van der Waals surface area contributed by atoms with E-state index in [0.717, 1.165) is 17.5 Å². The first kappa shape index (κ1) is 16.0. The van der Waals surface area contributed by atoms with Crippen molar-refractivity contribution in [2.45, 2.75) is 39.0 Å². The number of unbranched alkanes of at least 4 members (excludes halogenated alkanes) is 3. The Bertz CT molecular complexity index is 780. The van der Waals surface area contributed by atoms with E-state index in [1.165, 1.54) is 42.2 Å². The van der Waals surface area contributed by atoms with Crippen LogP contribution in [0, 0.1) is 0 Å². The van der Waals surface area contributed by atoms with Crippen LogP contribution in [0.25, 0.3) is 22.0 Å². The minimum Gasteiger partial charge on any atom is -0.236 e. The summed E-state index contributed by atoms with van der Waals surface area (Å²) in [5.41, 5.74) is 4.70. The molecule has 0 unspecified atom stereocenters. The zero-order valence-electron chi connectivity index (χ0n) is 13.6. The Labute approximate surface area is 143 Å². The Morgan fingerprint density at radius 2 is 1.74 bits per heavy atom. The fourth-order valence-corrected chi connectivity index (χ4v) is 3.21. The first-order valence-corrected chi connectivity index (χ1v) is 8.80. The van der Waals surface area contributed by atoms with Crippen LogP contribution in [-0.4, -0.2) is 4.98 Å². The van der Waals surface area contributed by atoms with Crippen LogP contribution in [0.3, 0.4) is 0 Å². The standard InChI is InChI=1S/C21H22ClN/c1-2-3-4-6-9-16-12-13-20-19(14-16)18(15-21(22)23-20)17-10-7-5-8-11-17/h5,7-8,10-15H,2-4,6,9H2,1H3. The topological polar surface area (TPSA) is 12.9 Å². The lowest BCUT2D eigenvalue weighted by Gasteiger charge is -2.10. The summed E-state index contributed by atoms with van der Waals surface area (Å²) >= 11 is 6.22. The van der Waals surface area contributed by atoms with Crippen LogP contribution >= 0.6 is 11.6 Å². The number of aryl methyl sites for hydroxylation is 1. The molecule has 3 rings (SSSR count). The zero-order chi connectivity index (χ0) is 16.1. The van der Waals surface area contributed by atoms with E-state index >= 15 is 0 Å². The number of hydrogen-bond acceptors (Lipinski definition) is 1. The molecule has 0 atom stereocenters. The quantitative estimate of drug-likeness (QED) is 0.364. The van der Waals surface area contributed by atoms with Gasteiger partial charge in [0.15, 0.2) is 0 Å². The summed E-state index contributed by atoms with van der Waals surface area (Å²) in [6.07, 6.45) is 6.28. The summed E-state index contributed by atoms with van der Waals surface area (Å²) in [6, 6.07) is 18.9. The molecule has 0 radical (unpaired) electrons. The van der Waals surface area contributed by atoms with Crippen molar-refractivity contribution in [3.05, 3.63) is 65.3 Å². The fourth-order valence-electron chi connectivity index (χ4n) is 3.01. The maximum atomic E-state index is 6.22. The Hall–Kier alpha value is -1.86. The van der Waals surface area contributed by atoms with Crippen LogP contribution in [0.15, 0.2) is 54.6 Å². The highest BCUT2D eigenvalue weighted by atomic mass is 35.5. The van der Waals surface area contributed by atoms with E-state index < -0.39 is 0 Å². The van der Waals surface area contributed by atoms with Gasteiger partial charge in [0.25, 0.3) is 0 Å². The normalized spacial score (nSPS) is 11.0. The molecule has 0 fully saturated rings. The number of halogens is 1. The molecule has 1 nitrogen and oxygen atoms in total. The van der Waals surface area contributed by atoms with Gasteiger partial charge in [0.2, 0.25) is 0 Å². The van der Waals surface area contributed by atoms with Gasteiger partial charge in [-0.3, -0.25) is 0 Å². The Morgan fingerprint density at radius 1 is 0.913 bits per heavy atom. The molecule has 2 heteroatoms. The van der Waals surface area contributed by atoms with Crippen molar-refractivity contribution in [1.29, 1.82) is 0 Å². The van der Waals surface area contributed by atoms with E-state index in [-0.39, 0.29) is 0 Å². The molecule has 0 aliphatic heterocycles. The van der Waals surface area contributed by atoms with Gasteiger partial charge in [-0.1, -0.05) is 74.2 Å². The zero-order valence-corrected chi connectivity index (χ0v) is 14.3. The van der Waals surface area contributed by atoms with Crippen LogP contribution in [-0.2, 0) is 6.42 Å². The third-order valence-electron chi connectivity index (χ3n) is 4.25. The summed E-state index contributed by atoms with van der Waals surface area (Å²) in [5.74, 6) is 0. The minimum absolute atomic E-state index is 0.548. The summed E-state index contributed by atoms with van der Waals surface area (Å²) in [7, 11) is 0. The Balaban J connectivity index is 1.98. The molecule has 0 saturated heterocycles. The van der Waals surface area contributed by atoms with E-state index in [0.29, 0.717) is 5.15 Å². The largest absolute Gasteiger partial charge is 0.236 e. The average Bonchev–Trinajstić information content (AvgIpc) is 2.59. The summed E-state index contributed by atoms with van der Waals surface area (Å²) < 4.78 is 0. The number of aromatic nitrogens is 1. The second-order valence-corrected chi connectivity index (χ2v) is 6.41. The number of hydrogen-bond donors (Lipinski definition) is 0. The third kappa shape index (κ3) is 3.92. The molecule has 3 aromatic rings. The van der Waals surface area contributed by atoms with E-state index in [1.54, 1.807) is 0 Å². The molecule has 0 N–H and O–H groups in total. The van der Waals surface area contributed by atoms with E-state index in [1.807, 2.05) is 12.1 Å². The Morgan fingerprint density at radius 3 is 2.52 bits per heavy atom. The lowest BCUT2D eigenvalue weighted by molar-refractivity contribution is 0.667. The lowest BCUT2D eigenvalue weighted by atomic mass is 9.98. The lowest BCUT2D eigenvalue weighted by Crippen LogP contribution is -1.90. The number of benzene rings is 2. The first-order chi connectivity index (χ1) is 11.3. The highest BCUT2D eigenvalue weighted by Crippen LogP contribution is 2.31. The van der Waals surface area contributed by atoms with E-state index in [2.05, 4.69) is 54.4 Å². The monoisotopic (exact) mass is 323 g/mol. The maximum absolute atomic E-state index is 6.22. The van der Waals surface area contributed by atoms with E-state index in [4.69, 9.17) is 11.6 Å². The maximum Gasteiger partial charge on any atom is 0.130 e. The third-order valence-corrected chi connectivity index (χ3v) is 4.44. The summed E-state index contributed by atoms with van der Waals surface area (Å²) in [6.45, 7) is 2.25. The average molecular weight is 324 g/mol. The number of pyridine rings is 1. The second kappa shape index (κ2) is 7.61. The van der Waals surface area contributed by atoms with Gasteiger partial charge in [0.05, 0.1) is 5.52 Å². The van der Waals surface area contributed by atoms with Crippen LogP contribution in [0.5, 0.6) is 0 Å². The molecule has 2 aromatic carbocycles. The molecule has 23 heavy (non-hydrogen) atoms. The van der Waals surface area contributed by atoms with Crippen molar-refractivity contribution in [3.8, 4) is 11.1 Å². The van der Waals surface area contributed by atoms with Crippen molar-refractivity contribution in [2.24, 2.45) is 0 Å². The first-order valence-electron chi connectivity index (χ1n) is 8.42. The highest BCUT2D eigenvalue weighted by molar-refractivity contribution is 6.30. The second-order valence-electron chi connectivity index (χ2n) is 6.02. The van der Waals surface area contributed by atoms with Crippen molar-refractivity contribution >= 4 is 22.5 Å². The van der Waals surface area contributed by atoms with Crippen LogP contribution in [0.4, 0.5) is 0 Å². The Kier molecular flexibility index (Phi) is 5.30. The van der Waals surface area contributed by atoms with Crippen molar-refractivity contribution in [3.63, 3.8) is 0 Å². The fraction of sp³-hybridized carbons (Fsp3) is 0.286. The van der Waals surface area contributed by atoms with Gasteiger partial charge in [-0.2, -0.15) is 0 Å². The van der Waals surface area contributed by atoms with Gasteiger partial charge in [-0.05, 0) is 47.7 Å². The summed E-state index contributed by atoms with van der Waals surface area (Å²) in [4.78, 5) is 4.48. The van der Waals surface area contributed by atoms with Crippen molar-refractivity contribution < 1.29 is 0 Å². The van der Waals surface area contributed by atoms with Crippen molar-refractivity contribution in [2.75, 3.05) is 0 Å². The molecule has 118 valence electrons. The molecule has 1 aromatic heterocycles. The molecule has 1 heterocycles. The summed E-state index contributed by atoms with van der Waals surface area (Å²) in [5, 5.41) is 1.74. The number of fused-ring (bicyclic) bond motifs is 1. The van der Waals surface area contributed by atoms with Gasteiger partial charge in [-0.15, -0.1) is 0 Å². The van der Waals surface area contributed by atoms with Crippen LogP contribution in [0.1, 0.15) is 38.2 Å². The molecule has 0 aliphatic carbocycles. The van der Waals surface area contributed by atoms with Gasteiger partial charge in [0, 0.05) is 5.39 Å². The van der Waals surface area contributed by atoms with Crippen LogP contribution < -0.4 is 0 Å². The molecule has 0 aliphatic rings. The molecule has 0 saturated carbocycles. The molecule has 0 bridgehead atoms. The predicted octanol–water partition coefficient (Wildman–Crippen LogP) is 6.68. The van der Waals surface area contributed by atoms with E-state index in [9.17, 15) is 0 Å². The van der Waals surface area contributed by atoms with Gasteiger partial charge < -0.3 is 0 Å². The SMILES string of the molecule is CCCCCCc1ccc2nc(Cl)cc(-c3ccccc3)c2c1. The molecular formula is C21H22ClN. The van der Waals surface area contributed by atoms with Gasteiger partial charge in [-0.25, -0.2) is 4.98 Å². The van der Waals surface area contributed by atoms with Gasteiger partial charge in [0.1, 0.15) is 5.15 Å². The van der Waals surface area contributed by atoms with Crippen LogP contribution in [0.2, 0.25) is 5.15 Å². The molecular weight excluding hydrogens is 302 g/mol. The highest BCUT2D eigenvalue weighted by Gasteiger charge is 2.08. The number of rotatable bonds is 6. The predicted molar refractivity (Wildman–Crippen MR) is 100 cm³/mol. The number of nitrogens with zero attached hydrogens (tertiary/aromatic N) is 1. The molecule has 0 amide bonds.